The summed E-state index contributed by atoms with van der Waals surface area (Å²) in [6.07, 6.45) is 0. The summed E-state index contributed by atoms with van der Waals surface area (Å²) >= 11 is 8.49. The molecular formula is C16H17BrN2S. The molecule has 104 valence electrons. The lowest BCUT2D eigenvalue weighted by molar-refractivity contribution is 0.884. The number of halogens is 1. The van der Waals surface area contributed by atoms with Crippen LogP contribution in [-0.4, -0.2) is 4.99 Å². The van der Waals surface area contributed by atoms with Crippen LogP contribution >= 0.6 is 28.1 Å². The van der Waals surface area contributed by atoms with Crippen molar-refractivity contribution in [3.05, 3.63) is 63.6 Å². The third-order valence-corrected chi connectivity index (χ3v) is 4.07. The number of thiocarbonyl (C=S) groups is 1. The monoisotopic (exact) mass is 348 g/mol. The summed E-state index contributed by atoms with van der Waals surface area (Å²) in [4.78, 5) is 0.398. The number of rotatable bonds is 4. The fourth-order valence-corrected chi connectivity index (χ4v) is 2.89. The van der Waals surface area contributed by atoms with Crippen LogP contribution in [0.15, 0.2) is 46.9 Å². The predicted octanol–water partition coefficient (Wildman–Crippen LogP) is 4.56. The van der Waals surface area contributed by atoms with Crippen LogP contribution < -0.4 is 11.1 Å². The van der Waals surface area contributed by atoms with Crippen molar-refractivity contribution in [1.82, 2.24) is 0 Å². The molecule has 20 heavy (non-hydrogen) atoms. The zero-order valence-corrected chi connectivity index (χ0v) is 13.9. The van der Waals surface area contributed by atoms with Crippen LogP contribution in [0.2, 0.25) is 0 Å². The normalized spacial score (nSPS) is 11.9. The smallest absolute Gasteiger partial charge is 0.105 e. The number of aryl methyl sites for hydroxylation is 1. The predicted molar refractivity (Wildman–Crippen MR) is 93.2 cm³/mol. The third kappa shape index (κ3) is 3.58. The average Bonchev–Trinajstić information content (AvgIpc) is 2.39. The minimum atomic E-state index is 0.234. The molecule has 1 atom stereocenters. The zero-order chi connectivity index (χ0) is 14.7. The molecule has 0 amide bonds. The Kier molecular flexibility index (Phi) is 4.78. The van der Waals surface area contributed by atoms with E-state index in [1.807, 2.05) is 18.2 Å². The molecule has 0 saturated heterocycles. The molecule has 0 radical (unpaired) electrons. The minimum absolute atomic E-state index is 0.234. The van der Waals surface area contributed by atoms with Crippen molar-refractivity contribution < 1.29 is 0 Å². The third-order valence-electron chi connectivity index (χ3n) is 3.20. The highest BCUT2D eigenvalue weighted by molar-refractivity contribution is 9.10. The molecule has 4 heteroatoms. The average molecular weight is 349 g/mol. The summed E-state index contributed by atoms with van der Waals surface area (Å²) in [6.45, 7) is 4.23. The molecule has 2 aromatic rings. The summed E-state index contributed by atoms with van der Waals surface area (Å²) in [7, 11) is 0. The number of hydrogen-bond donors (Lipinski definition) is 2. The van der Waals surface area contributed by atoms with E-state index in [0.717, 1.165) is 15.7 Å². The number of anilines is 1. The summed E-state index contributed by atoms with van der Waals surface area (Å²) in [5.41, 5.74) is 10.1. The highest BCUT2D eigenvalue weighted by Gasteiger charge is 2.08. The fraction of sp³-hybridized carbons (Fsp3) is 0.188. The van der Waals surface area contributed by atoms with E-state index in [1.165, 1.54) is 11.1 Å². The maximum atomic E-state index is 5.65. The van der Waals surface area contributed by atoms with Gasteiger partial charge in [-0.2, -0.15) is 0 Å². The second-order valence-corrected chi connectivity index (χ2v) is 6.13. The van der Waals surface area contributed by atoms with Gasteiger partial charge in [0.2, 0.25) is 0 Å². The van der Waals surface area contributed by atoms with E-state index < -0.39 is 0 Å². The molecule has 0 fully saturated rings. The molecule has 2 nitrogen and oxygen atoms in total. The first-order chi connectivity index (χ1) is 9.47. The second kappa shape index (κ2) is 6.37. The molecule has 0 saturated carbocycles. The van der Waals surface area contributed by atoms with Crippen molar-refractivity contribution in [3.63, 3.8) is 0 Å². The molecule has 0 aliphatic rings. The first kappa shape index (κ1) is 15.0. The van der Waals surface area contributed by atoms with Crippen molar-refractivity contribution in [2.45, 2.75) is 19.9 Å². The summed E-state index contributed by atoms with van der Waals surface area (Å²) < 4.78 is 0.908. The van der Waals surface area contributed by atoms with Crippen molar-refractivity contribution >= 4 is 38.8 Å². The molecule has 3 N–H and O–H groups in total. The molecule has 1 unspecified atom stereocenters. The summed E-state index contributed by atoms with van der Waals surface area (Å²) in [5, 5.41) is 3.47. The molecule has 0 bridgehead atoms. The Balaban J connectivity index is 2.15. The van der Waals surface area contributed by atoms with E-state index in [1.54, 1.807) is 0 Å². The molecule has 0 heterocycles. The van der Waals surface area contributed by atoms with E-state index in [0.29, 0.717) is 4.99 Å². The second-order valence-electron chi connectivity index (χ2n) is 4.84. The van der Waals surface area contributed by atoms with Gasteiger partial charge in [-0.15, -0.1) is 0 Å². The van der Waals surface area contributed by atoms with Gasteiger partial charge in [0.15, 0.2) is 0 Å². The van der Waals surface area contributed by atoms with Crippen molar-refractivity contribution in [2.24, 2.45) is 5.73 Å². The highest BCUT2D eigenvalue weighted by atomic mass is 79.9. The number of nitrogens with two attached hydrogens (primary N) is 1. The Morgan fingerprint density at radius 2 is 1.85 bits per heavy atom. The molecular weight excluding hydrogens is 332 g/mol. The van der Waals surface area contributed by atoms with Crippen LogP contribution in [0.4, 0.5) is 5.69 Å². The van der Waals surface area contributed by atoms with Crippen LogP contribution in [0.25, 0.3) is 0 Å². The maximum Gasteiger partial charge on any atom is 0.105 e. The fourth-order valence-electron chi connectivity index (χ4n) is 1.99. The van der Waals surface area contributed by atoms with Gasteiger partial charge in [-0.3, -0.25) is 0 Å². The van der Waals surface area contributed by atoms with E-state index in [2.05, 4.69) is 59.4 Å². The molecule has 0 aromatic heterocycles. The lowest BCUT2D eigenvalue weighted by atomic mass is 10.1. The Bertz CT molecular complexity index is 623. The van der Waals surface area contributed by atoms with Gasteiger partial charge < -0.3 is 11.1 Å². The van der Waals surface area contributed by atoms with Gasteiger partial charge in [-0.25, -0.2) is 0 Å². The Morgan fingerprint density at radius 3 is 2.40 bits per heavy atom. The first-order valence-corrected chi connectivity index (χ1v) is 7.60. The van der Waals surface area contributed by atoms with Gasteiger partial charge in [-0.05, 0) is 53.5 Å². The van der Waals surface area contributed by atoms with Crippen molar-refractivity contribution in [3.8, 4) is 0 Å². The van der Waals surface area contributed by atoms with Gasteiger partial charge in [-0.1, -0.05) is 42.0 Å². The standard InChI is InChI=1S/C16H17BrN2S/c1-10-3-5-12(6-4-10)11(2)19-13-7-8-14(16(18)20)15(17)9-13/h3-9,11,19H,1-2H3,(H2,18,20). The largest absolute Gasteiger partial charge is 0.389 e. The molecule has 0 spiro atoms. The summed E-state index contributed by atoms with van der Waals surface area (Å²) in [5.74, 6) is 0. The summed E-state index contributed by atoms with van der Waals surface area (Å²) in [6, 6.07) is 14.7. The molecule has 2 rings (SSSR count). The van der Waals surface area contributed by atoms with Crippen LogP contribution in [0.1, 0.15) is 29.7 Å². The Morgan fingerprint density at radius 1 is 1.20 bits per heavy atom. The molecule has 0 aliphatic heterocycles. The van der Waals surface area contributed by atoms with Crippen LogP contribution in [0.5, 0.6) is 0 Å². The molecule has 0 aliphatic carbocycles. The lowest BCUT2D eigenvalue weighted by Crippen LogP contribution is -2.11. The van der Waals surface area contributed by atoms with Crippen molar-refractivity contribution in [2.75, 3.05) is 5.32 Å². The first-order valence-electron chi connectivity index (χ1n) is 6.40. The zero-order valence-electron chi connectivity index (χ0n) is 11.5. The minimum Gasteiger partial charge on any atom is -0.389 e. The SMILES string of the molecule is Cc1ccc(C(C)Nc2ccc(C(N)=S)c(Br)c2)cc1. The van der Waals surface area contributed by atoms with E-state index in [9.17, 15) is 0 Å². The maximum absolute atomic E-state index is 5.65. The van der Waals surface area contributed by atoms with Gasteiger partial charge in [0.1, 0.15) is 4.99 Å². The van der Waals surface area contributed by atoms with Gasteiger partial charge >= 0.3 is 0 Å². The van der Waals surface area contributed by atoms with Crippen molar-refractivity contribution in [1.29, 1.82) is 0 Å². The Hall–Kier alpha value is -1.39. The van der Waals surface area contributed by atoms with Crippen LogP contribution in [0, 0.1) is 6.92 Å². The topological polar surface area (TPSA) is 38.0 Å². The number of nitrogens with one attached hydrogen (secondary N) is 1. The lowest BCUT2D eigenvalue weighted by Gasteiger charge is -2.17. The Labute approximate surface area is 133 Å². The van der Waals surface area contributed by atoms with Crippen LogP contribution in [-0.2, 0) is 0 Å². The van der Waals surface area contributed by atoms with E-state index in [4.69, 9.17) is 18.0 Å². The van der Waals surface area contributed by atoms with E-state index >= 15 is 0 Å². The van der Waals surface area contributed by atoms with Gasteiger partial charge in [0, 0.05) is 21.8 Å². The highest BCUT2D eigenvalue weighted by Crippen LogP contribution is 2.25. The van der Waals surface area contributed by atoms with E-state index in [-0.39, 0.29) is 6.04 Å². The van der Waals surface area contributed by atoms with Gasteiger partial charge in [0.05, 0.1) is 0 Å². The quantitative estimate of drug-likeness (QED) is 0.795. The van der Waals surface area contributed by atoms with Crippen LogP contribution in [0.3, 0.4) is 0 Å². The molecule has 2 aromatic carbocycles. The number of benzene rings is 2. The number of hydrogen-bond acceptors (Lipinski definition) is 2. The van der Waals surface area contributed by atoms with Gasteiger partial charge in [0.25, 0.3) is 0 Å².